The van der Waals surface area contributed by atoms with Gasteiger partial charge in [0.2, 0.25) is 5.91 Å². The summed E-state index contributed by atoms with van der Waals surface area (Å²) in [6.07, 6.45) is 0.521. The van der Waals surface area contributed by atoms with Crippen LogP contribution in [0, 0.1) is 47.3 Å². The molecule has 0 spiro atoms. The molecule has 2 aromatic rings. The number of benzene rings is 2. The zero-order chi connectivity index (χ0) is 83.9. The fourth-order valence-corrected chi connectivity index (χ4v) is 12.3. The normalized spacial score (nSPS) is 30.8. The first-order chi connectivity index (χ1) is 50.1. The predicted octanol–water partition coefficient (Wildman–Crippen LogP) is 14.3. The standard InChI is InChI=1S/C35H47NO10.C30H41ClN2O9.9C2H6/c1-14-10-9-11-15(2)35(46)36-22-13-23(37)24-25(32(43)21(8)33(44)26(24)34(22)45)29(40)17(4)12-16(3)28(39)19(6)31(42)20(7)30(41)18(5)27(14)38;1-16(2)27(35)41-23-14-24(34)33(5)19-12-18(13-20(38-6)25(19)31)10-8-9-11-22(39-7)30(37)15-21(40-28(36)32-30)17(3)26-29(23,4)42-26;9*1-2/h9-14,16,18-21,27-28,30-31,33,37-39,41-42,44-45H,1-8H3;9,11-13,16-17,21-23,26,37H,8,10,14-15H2,1-7H3,(H,32,36);9*1-2H3/b10-9+,15-11-,17-12-,36-22?;11-9+;;;;;;;;;/t14-,16?,18+,19+,20+,21?,27-,28-,30+,31+,33?;17-,21+,22-,23+,26+,29-,30+;;;;;;;;;/m01........./s1. The van der Waals surface area contributed by atoms with E-state index in [4.69, 9.17) is 35.3 Å². The van der Waals surface area contributed by atoms with Crippen molar-refractivity contribution < 1.29 is 93.3 Å². The highest BCUT2D eigenvalue weighted by molar-refractivity contribution is 6.46. The van der Waals surface area contributed by atoms with E-state index in [1.807, 2.05) is 144 Å². The number of nitrogens with zero attached hydrogens (tertiary/aromatic N) is 2. The quantitative estimate of drug-likeness (QED) is 0.0594. The molecular formula is C83H142ClN3O19. The van der Waals surface area contributed by atoms with Crippen molar-refractivity contribution in [3.63, 3.8) is 0 Å². The number of carbonyl (C=O) groups is 6. The molecule has 2 saturated heterocycles. The van der Waals surface area contributed by atoms with Crippen molar-refractivity contribution in [2.75, 3.05) is 26.2 Å². The van der Waals surface area contributed by atoms with Gasteiger partial charge in [-0.3, -0.25) is 29.3 Å². The van der Waals surface area contributed by atoms with Crippen LogP contribution in [-0.2, 0) is 49.3 Å². The molecule has 22 nitrogen and oxygen atoms in total. The molecule has 3 amide bonds. The summed E-state index contributed by atoms with van der Waals surface area (Å²) in [7, 11) is 4.57. The number of aryl methyl sites for hydroxylation is 1. The number of amides is 3. The maximum Gasteiger partial charge on any atom is 0.409 e. The van der Waals surface area contributed by atoms with Gasteiger partial charge in [0, 0.05) is 78.5 Å². The van der Waals surface area contributed by atoms with Crippen molar-refractivity contribution in [2.24, 2.45) is 52.3 Å². The molecule has 3 unspecified atom stereocenters. The summed E-state index contributed by atoms with van der Waals surface area (Å²) < 4.78 is 28.7. The zero-order valence-electron chi connectivity index (χ0n) is 70.7. The van der Waals surface area contributed by atoms with Crippen LogP contribution < -0.4 is 25.5 Å². The maximum atomic E-state index is 13.8. The average Bonchev–Trinajstić information content (AvgIpc) is 1.42. The summed E-state index contributed by atoms with van der Waals surface area (Å²) >= 11 is 6.64. The molecule has 6 aliphatic rings. The average molecular weight is 1520 g/mol. The molecule has 8 bridgehead atoms. The Kier molecular flexibility index (Phi) is 52.7. The second kappa shape index (κ2) is 52.7. The number of ketones is 2. The number of allylic oxidation sites excluding steroid dienone is 4. The molecule has 2 aromatic carbocycles. The Bertz CT molecular complexity index is 3260. The number of Topliss-reactive ketones (excluding diaryl/α,β-unsaturated/α-hetero) is 2. The van der Waals surface area contributed by atoms with Crippen molar-refractivity contribution in [3.05, 3.63) is 92.5 Å². The largest absolute Gasteiger partial charge is 0.507 e. The molecular weight excluding hydrogens is 1380 g/mol. The van der Waals surface area contributed by atoms with Gasteiger partial charge in [-0.2, -0.15) is 0 Å². The lowest BCUT2D eigenvalue weighted by molar-refractivity contribution is -0.157. The first-order valence-electron chi connectivity index (χ1n) is 38.7. The summed E-state index contributed by atoms with van der Waals surface area (Å²) in [5, 5.41) is 91.0. The smallest absolute Gasteiger partial charge is 0.409 e. The third-order valence-electron chi connectivity index (χ3n) is 18.1. The molecule has 23 heteroatoms. The van der Waals surface area contributed by atoms with E-state index in [2.05, 4.69) is 10.3 Å². The number of esters is 1. The molecule has 2 fully saturated rings. The molecule has 1 aliphatic carbocycles. The maximum absolute atomic E-state index is 13.8. The number of aromatic hydroxyl groups is 2. The number of anilines is 1. The van der Waals surface area contributed by atoms with Gasteiger partial charge >= 0.3 is 12.1 Å². The van der Waals surface area contributed by atoms with Crippen LogP contribution in [-0.4, -0.2) is 158 Å². The van der Waals surface area contributed by atoms with Gasteiger partial charge in [-0.05, 0) is 56.9 Å². The lowest BCUT2D eigenvalue weighted by Gasteiger charge is -2.42. The molecule has 0 radical (unpaired) electrons. The van der Waals surface area contributed by atoms with Gasteiger partial charge in [-0.15, -0.1) is 0 Å². The van der Waals surface area contributed by atoms with Crippen LogP contribution in [0.15, 0.2) is 70.8 Å². The highest BCUT2D eigenvalue weighted by atomic mass is 35.5. The third-order valence-corrected chi connectivity index (χ3v) is 18.5. The van der Waals surface area contributed by atoms with Crippen LogP contribution in [0.4, 0.5) is 10.5 Å². The number of phenolic OH excluding ortho intramolecular Hbond substituents is 2. The van der Waals surface area contributed by atoms with E-state index in [1.165, 1.54) is 58.1 Å². The minimum atomic E-state index is -1.74. The molecule has 9 N–H and O–H groups in total. The topological polar surface area (TPSA) is 341 Å². The summed E-state index contributed by atoms with van der Waals surface area (Å²) in [5.74, 6) is -9.54. The number of phenols is 2. The Labute approximate surface area is 641 Å². The Morgan fingerprint density at radius 1 is 0.717 bits per heavy atom. The summed E-state index contributed by atoms with van der Waals surface area (Å²) in [6, 6.07) is 4.56. The molecule has 5 heterocycles. The summed E-state index contributed by atoms with van der Waals surface area (Å²) in [5.41, 5.74) is -2.11. The molecule has 106 heavy (non-hydrogen) atoms. The van der Waals surface area contributed by atoms with Crippen LogP contribution in [0.3, 0.4) is 0 Å². The van der Waals surface area contributed by atoms with Gasteiger partial charge in [-0.1, -0.05) is 235 Å². The second-order valence-corrected chi connectivity index (χ2v) is 25.3. The van der Waals surface area contributed by atoms with Gasteiger partial charge in [0.25, 0.3) is 5.91 Å². The monoisotopic (exact) mass is 1520 g/mol. The number of alkyl carbamates (subject to hydrolysis) is 1. The first-order valence-corrected chi connectivity index (χ1v) is 39.1. The van der Waals surface area contributed by atoms with Crippen LogP contribution in [0.25, 0.3) is 5.57 Å². The van der Waals surface area contributed by atoms with Gasteiger partial charge < -0.3 is 69.4 Å². The Hall–Kier alpha value is -6.34. The van der Waals surface area contributed by atoms with Crippen LogP contribution in [0.2, 0.25) is 5.02 Å². The lowest BCUT2D eigenvalue weighted by Crippen LogP contribution is -2.63. The van der Waals surface area contributed by atoms with Gasteiger partial charge in [-0.25, -0.2) is 9.79 Å². The van der Waals surface area contributed by atoms with Crippen molar-refractivity contribution in [1.29, 1.82) is 0 Å². The molecule has 610 valence electrons. The van der Waals surface area contributed by atoms with Crippen LogP contribution in [0.5, 0.6) is 17.2 Å². The van der Waals surface area contributed by atoms with E-state index in [0.717, 1.165) is 11.6 Å². The zero-order valence-corrected chi connectivity index (χ0v) is 71.4. The van der Waals surface area contributed by atoms with E-state index in [1.54, 1.807) is 80.7 Å². The minimum Gasteiger partial charge on any atom is -0.507 e. The SMILES string of the molecule is C/C1=C/C=C/[C@H](C)[C@H](O)[C@@H](C)[C@@H](O)[C@@H](C)[C@H](O)[C@H](C)[C@@H](O)C(C)/C=C(/C)C(=O)C2=c3c(O)cc(c(O)c3C(O)C(C)C2=O)=NC1=O.CC.CC.CC.CC.CC.CC.CC.CC.CC.COc1cc2cc(c1Cl)N(C)C(=O)C[C@H](OC(=O)C(C)C)[C@@]1(C)O[C@H]1[C@H](C)[C@@H]1C[C@@](O)(NC(=O)O1)[C@H](OC)/C=C/CC2. The minimum absolute atomic E-state index is 0.0224. The number of aliphatic hydroxyl groups excluding tert-OH is 5. The number of carbonyl (C=O) groups excluding carboxylic acids is 6. The summed E-state index contributed by atoms with van der Waals surface area (Å²) in [6.45, 7) is 55.5. The number of halogens is 1. The van der Waals surface area contributed by atoms with Gasteiger partial charge in [0.15, 0.2) is 17.3 Å². The van der Waals surface area contributed by atoms with Crippen molar-refractivity contribution in [2.45, 2.75) is 300 Å². The molecule has 18 atom stereocenters. The predicted molar refractivity (Wildman–Crippen MR) is 426 cm³/mol. The number of epoxide rings is 1. The molecule has 5 aliphatic heterocycles. The number of methoxy groups -OCH3 is 2. The van der Waals surface area contributed by atoms with Gasteiger partial charge in [0.05, 0.1) is 73.3 Å². The number of nitrogens with one attached hydrogen (secondary N) is 1. The highest BCUT2D eigenvalue weighted by Crippen LogP contribution is 2.49. The van der Waals surface area contributed by atoms with Crippen LogP contribution >= 0.6 is 11.6 Å². The van der Waals surface area contributed by atoms with Crippen molar-refractivity contribution in [3.8, 4) is 17.2 Å². The van der Waals surface area contributed by atoms with Crippen LogP contribution in [0.1, 0.15) is 244 Å². The third kappa shape index (κ3) is 27.6. The Morgan fingerprint density at radius 2 is 1.23 bits per heavy atom. The molecule has 0 saturated carbocycles. The van der Waals surface area contributed by atoms with E-state index in [0.29, 0.717) is 24.3 Å². The molecule has 0 aromatic heterocycles. The van der Waals surface area contributed by atoms with E-state index in [-0.39, 0.29) is 51.1 Å². The lowest BCUT2D eigenvalue weighted by atomic mass is 9.76. The fourth-order valence-electron chi connectivity index (χ4n) is 12.0. The van der Waals surface area contributed by atoms with Gasteiger partial charge in [0.1, 0.15) is 51.5 Å². The van der Waals surface area contributed by atoms with Crippen molar-refractivity contribution in [1.82, 2.24) is 5.32 Å². The number of ether oxygens (including phenoxy) is 5. The number of aliphatic hydroxyl groups is 6. The van der Waals surface area contributed by atoms with Crippen molar-refractivity contribution >= 4 is 58.3 Å². The number of rotatable bonds is 4. The number of hydrogen-bond donors (Lipinski definition) is 9. The van der Waals surface area contributed by atoms with E-state index in [9.17, 15) is 69.6 Å². The first kappa shape index (κ1) is 106. The van der Waals surface area contributed by atoms with E-state index < -0.39 is 160 Å². The Morgan fingerprint density at radius 3 is 1.73 bits per heavy atom. The number of hydrogen-bond acceptors (Lipinski definition) is 19. The second-order valence-electron chi connectivity index (χ2n) is 24.9. The fraction of sp³-hybridized carbons (Fsp3) is 0.675. The Balaban J connectivity index is -0.000000811. The number of fused-ring (bicyclic) bond motifs is 20. The molecule has 8 rings (SSSR count). The summed E-state index contributed by atoms with van der Waals surface area (Å²) in [4.78, 5) is 84.5. The highest BCUT2D eigenvalue weighted by Gasteiger charge is 2.64. The van der Waals surface area contributed by atoms with E-state index >= 15 is 0 Å².